The topological polar surface area (TPSA) is 26.0 Å². The molecule has 0 bridgehead atoms. The summed E-state index contributed by atoms with van der Waals surface area (Å²) in [4.78, 5) is 0. The summed E-state index contributed by atoms with van der Waals surface area (Å²) in [6.07, 6.45) is 1.91. The normalized spacial score (nSPS) is 29.2. The SMILES string of the molecule is CCC1CC1(CN)c1ccc(F)cc1F. The maximum atomic E-state index is 13.6. The highest BCUT2D eigenvalue weighted by Crippen LogP contribution is 2.55. The van der Waals surface area contributed by atoms with Crippen LogP contribution in [0.2, 0.25) is 0 Å². The summed E-state index contributed by atoms with van der Waals surface area (Å²) in [6.45, 7) is 2.51. The first-order valence-electron chi connectivity index (χ1n) is 5.29. The van der Waals surface area contributed by atoms with Crippen molar-refractivity contribution in [2.45, 2.75) is 25.2 Å². The van der Waals surface area contributed by atoms with Gasteiger partial charge in [0.25, 0.3) is 0 Å². The number of benzene rings is 1. The number of hydrogen-bond acceptors (Lipinski definition) is 1. The van der Waals surface area contributed by atoms with Crippen LogP contribution in [0.25, 0.3) is 0 Å². The lowest BCUT2D eigenvalue weighted by atomic mass is 9.92. The lowest BCUT2D eigenvalue weighted by Crippen LogP contribution is -2.23. The third-order valence-corrected chi connectivity index (χ3v) is 3.56. The van der Waals surface area contributed by atoms with Crippen molar-refractivity contribution in [3.63, 3.8) is 0 Å². The van der Waals surface area contributed by atoms with Crippen LogP contribution >= 0.6 is 0 Å². The minimum Gasteiger partial charge on any atom is -0.330 e. The molecule has 1 nitrogen and oxygen atoms in total. The third-order valence-electron chi connectivity index (χ3n) is 3.56. The standard InChI is InChI=1S/C12H15F2N/c1-2-8-6-12(8,7-15)10-4-3-9(13)5-11(10)14/h3-5,8H,2,6-7,15H2,1H3. The number of halogens is 2. The monoisotopic (exact) mass is 211 g/mol. The first-order chi connectivity index (χ1) is 7.14. The van der Waals surface area contributed by atoms with Crippen molar-refractivity contribution in [1.29, 1.82) is 0 Å². The third kappa shape index (κ3) is 1.55. The molecule has 15 heavy (non-hydrogen) atoms. The Morgan fingerprint density at radius 3 is 2.67 bits per heavy atom. The van der Waals surface area contributed by atoms with Crippen molar-refractivity contribution < 1.29 is 8.78 Å². The van der Waals surface area contributed by atoms with E-state index in [9.17, 15) is 8.78 Å². The predicted molar refractivity (Wildman–Crippen MR) is 55.5 cm³/mol. The van der Waals surface area contributed by atoms with Gasteiger partial charge in [-0.2, -0.15) is 0 Å². The van der Waals surface area contributed by atoms with Gasteiger partial charge in [0.1, 0.15) is 11.6 Å². The zero-order valence-electron chi connectivity index (χ0n) is 8.76. The molecule has 2 unspecified atom stereocenters. The van der Waals surface area contributed by atoms with E-state index in [4.69, 9.17) is 5.73 Å². The molecule has 1 aliphatic rings. The highest BCUT2D eigenvalue weighted by molar-refractivity contribution is 5.35. The molecule has 1 aliphatic carbocycles. The summed E-state index contributed by atoms with van der Waals surface area (Å²) in [5.74, 6) is -0.545. The van der Waals surface area contributed by atoms with E-state index in [0.29, 0.717) is 18.0 Å². The largest absolute Gasteiger partial charge is 0.330 e. The van der Waals surface area contributed by atoms with Crippen LogP contribution in [0.5, 0.6) is 0 Å². The molecule has 0 aromatic heterocycles. The fourth-order valence-corrected chi connectivity index (χ4v) is 2.50. The summed E-state index contributed by atoms with van der Waals surface area (Å²) in [6, 6.07) is 3.78. The molecular weight excluding hydrogens is 196 g/mol. The fourth-order valence-electron chi connectivity index (χ4n) is 2.50. The molecule has 0 amide bonds. The Balaban J connectivity index is 2.37. The molecule has 0 aliphatic heterocycles. The van der Waals surface area contributed by atoms with E-state index in [2.05, 4.69) is 6.92 Å². The maximum Gasteiger partial charge on any atom is 0.129 e. The van der Waals surface area contributed by atoms with E-state index in [0.717, 1.165) is 18.9 Å². The Kier molecular flexibility index (Phi) is 2.51. The molecule has 2 rings (SSSR count). The van der Waals surface area contributed by atoms with Crippen LogP contribution in [0.3, 0.4) is 0 Å². The first kappa shape index (κ1) is 10.6. The lowest BCUT2D eigenvalue weighted by molar-refractivity contribution is 0.525. The molecule has 0 heterocycles. The molecule has 82 valence electrons. The lowest BCUT2D eigenvalue weighted by Gasteiger charge is -2.16. The van der Waals surface area contributed by atoms with Gasteiger partial charge in [0.2, 0.25) is 0 Å². The average Bonchev–Trinajstić information content (AvgIpc) is 2.93. The molecule has 0 spiro atoms. The fraction of sp³-hybridized carbons (Fsp3) is 0.500. The number of nitrogens with two attached hydrogens (primary N) is 1. The van der Waals surface area contributed by atoms with Crippen LogP contribution in [0, 0.1) is 17.6 Å². The van der Waals surface area contributed by atoms with E-state index in [1.54, 1.807) is 0 Å². The van der Waals surface area contributed by atoms with Crippen LogP contribution in [0.15, 0.2) is 18.2 Å². The van der Waals surface area contributed by atoms with Crippen molar-refractivity contribution in [3.05, 3.63) is 35.4 Å². The second-order valence-corrected chi connectivity index (χ2v) is 4.29. The summed E-state index contributed by atoms with van der Waals surface area (Å²) < 4.78 is 26.4. The van der Waals surface area contributed by atoms with E-state index in [1.165, 1.54) is 12.1 Å². The van der Waals surface area contributed by atoms with Gasteiger partial charge in [0.15, 0.2) is 0 Å². The first-order valence-corrected chi connectivity index (χ1v) is 5.29. The van der Waals surface area contributed by atoms with Gasteiger partial charge < -0.3 is 5.73 Å². The number of hydrogen-bond donors (Lipinski definition) is 1. The van der Waals surface area contributed by atoms with E-state index < -0.39 is 11.6 Å². The summed E-state index contributed by atoms with van der Waals surface area (Å²) >= 11 is 0. The molecule has 2 N–H and O–H groups in total. The van der Waals surface area contributed by atoms with Gasteiger partial charge in [0, 0.05) is 18.0 Å². The smallest absolute Gasteiger partial charge is 0.129 e. The molecule has 3 heteroatoms. The van der Waals surface area contributed by atoms with Crippen LogP contribution in [0.4, 0.5) is 8.78 Å². The van der Waals surface area contributed by atoms with Gasteiger partial charge >= 0.3 is 0 Å². The maximum absolute atomic E-state index is 13.6. The van der Waals surface area contributed by atoms with E-state index >= 15 is 0 Å². The van der Waals surface area contributed by atoms with Gasteiger partial charge in [-0.3, -0.25) is 0 Å². The predicted octanol–water partition coefficient (Wildman–Crippen LogP) is 2.59. The van der Waals surface area contributed by atoms with Crippen molar-refractivity contribution in [3.8, 4) is 0 Å². The van der Waals surface area contributed by atoms with Crippen molar-refractivity contribution >= 4 is 0 Å². The quantitative estimate of drug-likeness (QED) is 0.817. The molecule has 1 aromatic rings. The second-order valence-electron chi connectivity index (χ2n) is 4.29. The zero-order valence-corrected chi connectivity index (χ0v) is 8.76. The van der Waals surface area contributed by atoms with Gasteiger partial charge in [0.05, 0.1) is 0 Å². The van der Waals surface area contributed by atoms with Crippen LogP contribution in [-0.2, 0) is 5.41 Å². The minimum atomic E-state index is -0.530. The summed E-state index contributed by atoms with van der Waals surface area (Å²) in [5, 5.41) is 0. The second kappa shape index (κ2) is 3.56. The van der Waals surface area contributed by atoms with Crippen molar-refractivity contribution in [2.24, 2.45) is 11.7 Å². The molecule has 1 aromatic carbocycles. The summed E-state index contributed by atoms with van der Waals surface area (Å²) in [7, 11) is 0. The van der Waals surface area contributed by atoms with Crippen LogP contribution < -0.4 is 5.73 Å². The highest BCUT2D eigenvalue weighted by Gasteiger charge is 2.54. The van der Waals surface area contributed by atoms with Gasteiger partial charge in [-0.15, -0.1) is 0 Å². The van der Waals surface area contributed by atoms with Gasteiger partial charge in [-0.1, -0.05) is 19.4 Å². The Bertz CT molecular complexity index is 378. The van der Waals surface area contributed by atoms with Crippen LogP contribution in [0.1, 0.15) is 25.3 Å². The highest BCUT2D eigenvalue weighted by atomic mass is 19.1. The number of rotatable bonds is 3. The Morgan fingerprint density at radius 2 is 2.20 bits per heavy atom. The van der Waals surface area contributed by atoms with Crippen molar-refractivity contribution in [2.75, 3.05) is 6.54 Å². The molecular formula is C12H15F2N. The van der Waals surface area contributed by atoms with E-state index in [-0.39, 0.29) is 5.41 Å². The molecule has 1 fully saturated rings. The molecule has 2 atom stereocenters. The van der Waals surface area contributed by atoms with Gasteiger partial charge in [-0.25, -0.2) is 8.78 Å². The Morgan fingerprint density at radius 1 is 1.47 bits per heavy atom. The van der Waals surface area contributed by atoms with Crippen LogP contribution in [-0.4, -0.2) is 6.54 Å². The Hall–Kier alpha value is -0.960. The zero-order chi connectivity index (χ0) is 11.1. The molecule has 0 saturated heterocycles. The van der Waals surface area contributed by atoms with Crippen molar-refractivity contribution in [1.82, 2.24) is 0 Å². The minimum absolute atomic E-state index is 0.230. The summed E-state index contributed by atoms with van der Waals surface area (Å²) in [5.41, 5.74) is 6.07. The Labute approximate surface area is 88.3 Å². The van der Waals surface area contributed by atoms with E-state index in [1.807, 2.05) is 0 Å². The van der Waals surface area contributed by atoms with Gasteiger partial charge in [-0.05, 0) is 24.0 Å². The molecule has 1 saturated carbocycles. The molecule has 0 radical (unpaired) electrons. The average molecular weight is 211 g/mol.